The molecule has 1 aromatic carbocycles. The average molecular weight is 347 g/mol. The van der Waals surface area contributed by atoms with E-state index in [1.165, 1.54) is 10.6 Å². The van der Waals surface area contributed by atoms with Crippen LogP contribution in [0.4, 0.5) is 0 Å². The second kappa shape index (κ2) is 5.42. The van der Waals surface area contributed by atoms with Gasteiger partial charge in [0, 0.05) is 36.8 Å². The Morgan fingerprint density at radius 3 is 2.79 bits per heavy atom. The first-order chi connectivity index (χ1) is 11.5. The molecule has 0 spiro atoms. The monoisotopic (exact) mass is 347 g/mol. The number of benzene rings is 1. The number of aryl methyl sites for hydroxylation is 1. The van der Waals surface area contributed by atoms with Crippen molar-refractivity contribution in [2.75, 3.05) is 13.3 Å². The maximum Gasteiger partial charge on any atom is 0.243 e. The van der Waals surface area contributed by atoms with Crippen molar-refractivity contribution >= 4 is 10.0 Å². The summed E-state index contributed by atoms with van der Waals surface area (Å²) in [6.07, 6.45) is 3.19. The molecule has 3 heterocycles. The van der Waals surface area contributed by atoms with E-state index >= 15 is 0 Å². The van der Waals surface area contributed by atoms with Crippen LogP contribution in [-0.4, -0.2) is 36.0 Å². The molecule has 2 aliphatic rings. The molecule has 0 amide bonds. The van der Waals surface area contributed by atoms with Gasteiger partial charge in [0.25, 0.3) is 0 Å². The molecule has 8 heteroatoms. The minimum Gasteiger partial charge on any atom is -0.454 e. The second-order valence-electron chi connectivity index (χ2n) is 6.10. The van der Waals surface area contributed by atoms with Gasteiger partial charge in [-0.2, -0.15) is 4.31 Å². The largest absolute Gasteiger partial charge is 0.454 e. The fraction of sp³-hybridized carbons (Fsp3) is 0.375. The quantitative estimate of drug-likeness (QED) is 0.824. The first kappa shape index (κ1) is 15.3. The molecule has 2 aromatic rings. The highest BCUT2D eigenvalue weighted by molar-refractivity contribution is 7.89. The third kappa shape index (κ3) is 2.33. The molecule has 1 aromatic heterocycles. The lowest BCUT2D eigenvalue weighted by Crippen LogP contribution is -2.38. The van der Waals surface area contributed by atoms with Crippen LogP contribution in [0.25, 0.3) is 0 Å². The number of aromatic nitrogens is 2. The van der Waals surface area contributed by atoms with Gasteiger partial charge in [0.2, 0.25) is 16.8 Å². The van der Waals surface area contributed by atoms with Crippen molar-refractivity contribution in [2.45, 2.75) is 31.2 Å². The van der Waals surface area contributed by atoms with E-state index < -0.39 is 10.0 Å². The molecule has 7 nitrogen and oxygen atoms in total. The molecule has 0 saturated carbocycles. The topological polar surface area (TPSA) is 81.6 Å². The minimum atomic E-state index is -3.65. The lowest BCUT2D eigenvalue weighted by molar-refractivity contribution is 0.174. The minimum absolute atomic E-state index is 0.0147. The summed E-state index contributed by atoms with van der Waals surface area (Å²) in [5, 5.41) is 0. The zero-order valence-corrected chi connectivity index (χ0v) is 14.2. The Kier molecular flexibility index (Phi) is 3.47. The highest BCUT2D eigenvalue weighted by Crippen LogP contribution is 2.38. The zero-order chi connectivity index (χ0) is 16.9. The number of hydrogen-bond acceptors (Lipinski definition) is 6. The molecule has 0 N–H and O–H groups in total. The summed E-state index contributed by atoms with van der Waals surface area (Å²) >= 11 is 0. The number of fused-ring (bicyclic) bond motifs is 2. The molecule has 0 fully saturated rings. The fourth-order valence-electron chi connectivity index (χ4n) is 3.20. The van der Waals surface area contributed by atoms with E-state index in [2.05, 4.69) is 9.97 Å². The van der Waals surface area contributed by atoms with Gasteiger partial charge in [-0.15, -0.1) is 0 Å². The summed E-state index contributed by atoms with van der Waals surface area (Å²) in [5.41, 5.74) is 2.40. The van der Waals surface area contributed by atoms with Crippen molar-refractivity contribution < 1.29 is 17.9 Å². The highest BCUT2D eigenvalue weighted by atomic mass is 32.2. The first-order valence-corrected chi connectivity index (χ1v) is 9.10. The van der Waals surface area contributed by atoms with Crippen molar-refractivity contribution in [2.24, 2.45) is 0 Å². The van der Waals surface area contributed by atoms with Crippen molar-refractivity contribution in [3.8, 4) is 11.5 Å². The van der Waals surface area contributed by atoms with Crippen LogP contribution >= 0.6 is 0 Å². The third-order valence-corrected chi connectivity index (χ3v) is 6.36. The fourth-order valence-corrected chi connectivity index (χ4v) is 4.93. The van der Waals surface area contributed by atoms with E-state index in [0.29, 0.717) is 23.6 Å². The maximum atomic E-state index is 13.2. The molecule has 126 valence electrons. The van der Waals surface area contributed by atoms with Crippen molar-refractivity contribution in [3.63, 3.8) is 0 Å². The average Bonchev–Trinajstić information content (AvgIpc) is 3.01. The summed E-state index contributed by atoms with van der Waals surface area (Å²) < 4.78 is 38.4. The summed E-state index contributed by atoms with van der Waals surface area (Å²) in [7, 11) is -3.65. The van der Waals surface area contributed by atoms with E-state index in [0.717, 1.165) is 11.3 Å². The summed E-state index contributed by atoms with van der Waals surface area (Å²) in [5.74, 6) is 1.06. The van der Waals surface area contributed by atoms with Gasteiger partial charge in [-0.25, -0.2) is 18.4 Å². The summed E-state index contributed by atoms with van der Waals surface area (Å²) in [6.45, 7) is 4.51. The Balaban J connectivity index is 1.74. The third-order valence-electron chi connectivity index (χ3n) is 4.40. The molecule has 2 aliphatic heterocycles. The van der Waals surface area contributed by atoms with Crippen LogP contribution in [0.15, 0.2) is 29.6 Å². The number of sulfonamides is 1. The standard InChI is InChI=1S/C16H17N3O4S/c1-10-3-13-14(23-9-22-13)4-15(10)24(20,21)19-6-11(2)16-12(7-19)5-17-8-18-16/h3-5,8,11H,6-7,9H2,1-2H3. The molecule has 4 rings (SSSR count). The predicted octanol–water partition coefficient (Wildman–Crippen LogP) is 1.82. The van der Waals surface area contributed by atoms with Crippen molar-refractivity contribution in [1.29, 1.82) is 0 Å². The molecule has 1 unspecified atom stereocenters. The Bertz CT molecular complexity index is 914. The Morgan fingerprint density at radius 1 is 1.25 bits per heavy atom. The molecule has 0 saturated heterocycles. The van der Waals surface area contributed by atoms with Crippen LogP contribution in [0, 0.1) is 6.92 Å². The Hall–Kier alpha value is -2.19. The molecule has 0 bridgehead atoms. The van der Waals surface area contributed by atoms with Crippen LogP contribution in [0.1, 0.15) is 29.7 Å². The van der Waals surface area contributed by atoms with E-state index in [-0.39, 0.29) is 24.2 Å². The molecular formula is C16H17N3O4S. The van der Waals surface area contributed by atoms with Gasteiger partial charge in [0.05, 0.1) is 10.6 Å². The van der Waals surface area contributed by atoms with Crippen LogP contribution in [0.3, 0.4) is 0 Å². The molecule has 0 radical (unpaired) electrons. The Labute approximate surface area is 140 Å². The Morgan fingerprint density at radius 2 is 2.00 bits per heavy atom. The smallest absolute Gasteiger partial charge is 0.243 e. The highest BCUT2D eigenvalue weighted by Gasteiger charge is 2.34. The van der Waals surface area contributed by atoms with Gasteiger partial charge >= 0.3 is 0 Å². The predicted molar refractivity (Wildman–Crippen MR) is 85.3 cm³/mol. The number of hydrogen-bond donors (Lipinski definition) is 0. The normalized spacial score (nSPS) is 20.0. The van der Waals surface area contributed by atoms with Crippen LogP contribution in [0.2, 0.25) is 0 Å². The molecular weight excluding hydrogens is 330 g/mol. The summed E-state index contributed by atoms with van der Waals surface area (Å²) in [4.78, 5) is 8.55. The van der Waals surface area contributed by atoms with E-state index in [1.54, 1.807) is 25.3 Å². The van der Waals surface area contributed by atoms with Crippen molar-refractivity contribution in [1.82, 2.24) is 14.3 Å². The van der Waals surface area contributed by atoms with Crippen LogP contribution in [-0.2, 0) is 16.6 Å². The number of rotatable bonds is 2. The molecule has 1 atom stereocenters. The second-order valence-corrected chi connectivity index (χ2v) is 8.01. The SMILES string of the molecule is Cc1cc2c(cc1S(=O)(=O)N1Cc3cncnc3C(C)C1)OCO2. The maximum absolute atomic E-state index is 13.2. The van der Waals surface area contributed by atoms with Gasteiger partial charge in [-0.05, 0) is 18.6 Å². The number of nitrogens with zero attached hydrogens (tertiary/aromatic N) is 3. The molecule has 24 heavy (non-hydrogen) atoms. The van der Waals surface area contributed by atoms with E-state index in [1.807, 2.05) is 6.92 Å². The van der Waals surface area contributed by atoms with Gasteiger partial charge in [0.15, 0.2) is 11.5 Å². The zero-order valence-electron chi connectivity index (χ0n) is 13.4. The molecule has 0 aliphatic carbocycles. The lowest BCUT2D eigenvalue weighted by Gasteiger charge is -2.31. The summed E-state index contributed by atoms with van der Waals surface area (Å²) in [6, 6.07) is 3.26. The van der Waals surface area contributed by atoms with Gasteiger partial charge in [0.1, 0.15) is 6.33 Å². The lowest BCUT2D eigenvalue weighted by atomic mass is 9.99. The van der Waals surface area contributed by atoms with Gasteiger partial charge in [-0.1, -0.05) is 6.92 Å². The van der Waals surface area contributed by atoms with Crippen LogP contribution in [0.5, 0.6) is 11.5 Å². The van der Waals surface area contributed by atoms with Gasteiger partial charge in [-0.3, -0.25) is 0 Å². The van der Waals surface area contributed by atoms with Crippen LogP contribution < -0.4 is 9.47 Å². The van der Waals surface area contributed by atoms with E-state index in [9.17, 15) is 8.42 Å². The van der Waals surface area contributed by atoms with Crippen molar-refractivity contribution in [3.05, 3.63) is 41.5 Å². The number of ether oxygens (including phenoxy) is 2. The first-order valence-electron chi connectivity index (χ1n) is 7.66. The van der Waals surface area contributed by atoms with E-state index in [4.69, 9.17) is 9.47 Å². The van der Waals surface area contributed by atoms with Gasteiger partial charge < -0.3 is 9.47 Å².